The first-order valence-electron chi connectivity index (χ1n) is 8.06. The van der Waals surface area contributed by atoms with Crippen molar-refractivity contribution >= 4 is 15.9 Å². The largest absolute Gasteiger partial charge is 0.348 e. The van der Waals surface area contributed by atoms with Crippen LogP contribution in [-0.2, 0) is 16.6 Å². The van der Waals surface area contributed by atoms with Gasteiger partial charge in [0.15, 0.2) is 0 Å². The van der Waals surface area contributed by atoms with E-state index in [4.69, 9.17) is 0 Å². The van der Waals surface area contributed by atoms with Crippen molar-refractivity contribution in [3.8, 4) is 0 Å². The Morgan fingerprint density at radius 3 is 2.84 bits per heavy atom. The summed E-state index contributed by atoms with van der Waals surface area (Å²) < 4.78 is 27.4. The van der Waals surface area contributed by atoms with E-state index < -0.39 is 10.0 Å². The predicted molar refractivity (Wildman–Crippen MR) is 93.4 cm³/mol. The van der Waals surface area contributed by atoms with Crippen LogP contribution in [0.2, 0.25) is 0 Å². The van der Waals surface area contributed by atoms with Gasteiger partial charge in [0, 0.05) is 24.3 Å². The molecule has 1 aliphatic heterocycles. The topological polar surface area (TPSA) is 100 Å². The lowest BCUT2D eigenvalue weighted by Gasteiger charge is -2.12. The van der Waals surface area contributed by atoms with Crippen molar-refractivity contribution < 1.29 is 13.2 Å². The van der Waals surface area contributed by atoms with Crippen LogP contribution in [0.4, 0.5) is 0 Å². The molecule has 0 saturated carbocycles. The Morgan fingerprint density at radius 1 is 1.24 bits per heavy atom. The van der Waals surface area contributed by atoms with Gasteiger partial charge in [-0.15, -0.1) is 0 Å². The Balaban J connectivity index is 1.69. The summed E-state index contributed by atoms with van der Waals surface area (Å²) in [5.41, 5.74) is 0.946. The lowest BCUT2D eigenvalue weighted by Crippen LogP contribution is -2.36. The molecule has 3 rings (SSSR count). The van der Waals surface area contributed by atoms with Crippen molar-refractivity contribution in [2.24, 2.45) is 0 Å². The number of carbonyl (C=O) groups is 1. The molecule has 25 heavy (non-hydrogen) atoms. The molecule has 1 aliphatic rings. The maximum absolute atomic E-state index is 12.4. The Bertz CT molecular complexity index is 834. The smallest absolute Gasteiger partial charge is 0.251 e. The van der Waals surface area contributed by atoms with Crippen molar-refractivity contribution in [2.45, 2.75) is 23.9 Å². The van der Waals surface area contributed by atoms with Crippen molar-refractivity contribution in [1.29, 1.82) is 0 Å². The van der Waals surface area contributed by atoms with Gasteiger partial charge in [0.05, 0.1) is 17.1 Å². The molecule has 132 valence electrons. The van der Waals surface area contributed by atoms with Crippen LogP contribution in [0.5, 0.6) is 0 Å². The third-order valence-electron chi connectivity index (χ3n) is 3.97. The molecule has 1 unspecified atom stereocenters. The Hall–Kier alpha value is -2.29. The third kappa shape index (κ3) is 4.62. The molecular weight excluding hydrogens is 340 g/mol. The lowest BCUT2D eigenvalue weighted by molar-refractivity contribution is 0.0940. The van der Waals surface area contributed by atoms with E-state index in [0.717, 1.165) is 19.5 Å². The number of amides is 1. The number of sulfonamides is 1. The zero-order valence-corrected chi connectivity index (χ0v) is 14.4. The average Bonchev–Trinajstić information content (AvgIpc) is 3.14. The summed E-state index contributed by atoms with van der Waals surface area (Å²) >= 11 is 0. The zero-order chi connectivity index (χ0) is 17.7. The standard InChI is InChI=1S/C17H20N4O3S/c22-17(21-15-7-9-18-11-15)13-4-3-6-16(10-13)25(23,24)20-12-14-5-1-2-8-19-14/h1-6,8,10,15,18,20H,7,9,11-12H2,(H,21,22). The summed E-state index contributed by atoms with van der Waals surface area (Å²) in [6, 6.07) is 11.4. The first-order chi connectivity index (χ1) is 12.0. The molecule has 1 aromatic carbocycles. The van der Waals surface area contributed by atoms with Crippen LogP contribution in [0.25, 0.3) is 0 Å². The first-order valence-corrected chi connectivity index (χ1v) is 9.54. The number of hydrogen-bond donors (Lipinski definition) is 3. The minimum Gasteiger partial charge on any atom is -0.348 e. The van der Waals surface area contributed by atoms with E-state index >= 15 is 0 Å². The summed E-state index contributed by atoms with van der Waals surface area (Å²) in [7, 11) is -3.72. The highest BCUT2D eigenvalue weighted by molar-refractivity contribution is 7.89. The highest BCUT2D eigenvalue weighted by Crippen LogP contribution is 2.13. The number of rotatable bonds is 6. The number of benzene rings is 1. The summed E-state index contributed by atoms with van der Waals surface area (Å²) in [5, 5.41) is 6.08. The van der Waals surface area contributed by atoms with E-state index in [1.54, 1.807) is 36.5 Å². The number of nitrogens with one attached hydrogen (secondary N) is 3. The molecule has 0 spiro atoms. The summed E-state index contributed by atoms with van der Waals surface area (Å²) in [6.07, 6.45) is 2.47. The van der Waals surface area contributed by atoms with E-state index in [2.05, 4.69) is 20.3 Å². The molecule has 8 heteroatoms. The van der Waals surface area contributed by atoms with Crippen LogP contribution in [0, 0.1) is 0 Å². The van der Waals surface area contributed by atoms with Gasteiger partial charge in [-0.1, -0.05) is 12.1 Å². The highest BCUT2D eigenvalue weighted by atomic mass is 32.2. The van der Waals surface area contributed by atoms with Gasteiger partial charge in [-0.2, -0.15) is 0 Å². The van der Waals surface area contributed by atoms with Crippen LogP contribution in [0.3, 0.4) is 0 Å². The molecular formula is C17H20N4O3S. The zero-order valence-electron chi connectivity index (χ0n) is 13.6. The van der Waals surface area contributed by atoms with E-state index in [9.17, 15) is 13.2 Å². The summed E-state index contributed by atoms with van der Waals surface area (Å²) in [5.74, 6) is -0.268. The second-order valence-corrected chi connectivity index (χ2v) is 7.60. The molecule has 1 amide bonds. The van der Waals surface area contributed by atoms with Gasteiger partial charge in [0.2, 0.25) is 10.0 Å². The van der Waals surface area contributed by atoms with Crippen LogP contribution in [-0.4, -0.2) is 38.4 Å². The molecule has 1 fully saturated rings. The molecule has 0 aliphatic carbocycles. The van der Waals surface area contributed by atoms with Crippen LogP contribution < -0.4 is 15.4 Å². The number of nitrogens with zero attached hydrogens (tertiary/aromatic N) is 1. The van der Waals surface area contributed by atoms with Gasteiger partial charge in [0.1, 0.15) is 0 Å². The predicted octanol–water partition coefficient (Wildman–Crippen LogP) is 0.652. The van der Waals surface area contributed by atoms with Gasteiger partial charge < -0.3 is 10.6 Å². The summed E-state index contributed by atoms with van der Waals surface area (Å²) in [4.78, 5) is 16.4. The maximum atomic E-state index is 12.4. The maximum Gasteiger partial charge on any atom is 0.251 e. The highest BCUT2D eigenvalue weighted by Gasteiger charge is 2.20. The first kappa shape index (κ1) is 17.5. The minimum atomic E-state index is -3.72. The minimum absolute atomic E-state index is 0.0561. The van der Waals surface area contributed by atoms with Crippen LogP contribution >= 0.6 is 0 Å². The lowest BCUT2D eigenvalue weighted by atomic mass is 10.2. The average molecular weight is 360 g/mol. The molecule has 1 saturated heterocycles. The van der Waals surface area contributed by atoms with E-state index in [1.165, 1.54) is 12.1 Å². The van der Waals surface area contributed by atoms with Gasteiger partial charge in [-0.3, -0.25) is 9.78 Å². The Morgan fingerprint density at radius 2 is 2.12 bits per heavy atom. The fraction of sp³-hybridized carbons (Fsp3) is 0.294. The Kier molecular flexibility index (Phi) is 5.42. The molecule has 0 radical (unpaired) electrons. The molecule has 3 N–H and O–H groups in total. The molecule has 2 heterocycles. The molecule has 1 aromatic heterocycles. The van der Waals surface area contributed by atoms with E-state index in [1.807, 2.05) is 0 Å². The summed E-state index contributed by atoms with van der Waals surface area (Å²) in [6.45, 7) is 1.69. The third-order valence-corrected chi connectivity index (χ3v) is 5.37. The van der Waals surface area contributed by atoms with Gasteiger partial charge in [-0.05, 0) is 43.3 Å². The Labute approximate surface area is 146 Å². The quantitative estimate of drug-likeness (QED) is 0.702. The second-order valence-electron chi connectivity index (χ2n) is 5.84. The second kappa shape index (κ2) is 7.73. The normalized spacial score (nSPS) is 17.4. The number of carbonyl (C=O) groups excluding carboxylic acids is 1. The number of hydrogen-bond acceptors (Lipinski definition) is 5. The molecule has 1 atom stereocenters. The fourth-order valence-electron chi connectivity index (χ4n) is 2.61. The van der Waals surface area contributed by atoms with Gasteiger partial charge in [0.25, 0.3) is 5.91 Å². The SMILES string of the molecule is O=C(NC1CCNC1)c1cccc(S(=O)(=O)NCc2ccccn2)c1. The van der Waals surface area contributed by atoms with Crippen molar-refractivity contribution in [3.05, 3.63) is 59.9 Å². The monoisotopic (exact) mass is 360 g/mol. The van der Waals surface area contributed by atoms with E-state index in [-0.39, 0.29) is 23.4 Å². The van der Waals surface area contributed by atoms with Crippen LogP contribution in [0.1, 0.15) is 22.5 Å². The molecule has 7 nitrogen and oxygen atoms in total. The molecule has 0 bridgehead atoms. The van der Waals surface area contributed by atoms with E-state index in [0.29, 0.717) is 11.3 Å². The number of pyridine rings is 1. The van der Waals surface area contributed by atoms with Crippen molar-refractivity contribution in [1.82, 2.24) is 20.3 Å². The van der Waals surface area contributed by atoms with Gasteiger partial charge >= 0.3 is 0 Å². The molecule has 2 aromatic rings. The fourth-order valence-corrected chi connectivity index (χ4v) is 3.65. The van der Waals surface area contributed by atoms with Crippen molar-refractivity contribution in [2.75, 3.05) is 13.1 Å². The number of aromatic nitrogens is 1. The van der Waals surface area contributed by atoms with Crippen molar-refractivity contribution in [3.63, 3.8) is 0 Å². The van der Waals surface area contributed by atoms with Gasteiger partial charge in [-0.25, -0.2) is 13.1 Å². The van der Waals surface area contributed by atoms with Crippen LogP contribution in [0.15, 0.2) is 53.6 Å².